The van der Waals surface area contributed by atoms with Crippen LogP contribution >= 0.6 is 15.9 Å². The number of carbonyl (C=O) groups is 2. The van der Waals surface area contributed by atoms with E-state index >= 15 is 0 Å². The van der Waals surface area contributed by atoms with E-state index in [0.29, 0.717) is 24.8 Å². The van der Waals surface area contributed by atoms with Crippen LogP contribution in [0.2, 0.25) is 0 Å². The SMILES string of the molecule is CCCCCCOC(=O)CCCCC(C)OC(=O)CCBr. The van der Waals surface area contributed by atoms with Crippen molar-refractivity contribution in [1.82, 2.24) is 0 Å². The van der Waals surface area contributed by atoms with Crippen LogP contribution in [0.3, 0.4) is 0 Å². The third-order valence-electron chi connectivity index (χ3n) is 3.13. The highest BCUT2D eigenvalue weighted by Gasteiger charge is 2.09. The predicted octanol–water partition coefficient (Wildman–Crippen LogP) is 4.39. The first-order valence-electron chi connectivity index (χ1n) is 8.01. The average Bonchev–Trinajstić information content (AvgIpc) is 2.43. The molecule has 0 aliphatic carbocycles. The van der Waals surface area contributed by atoms with E-state index in [4.69, 9.17) is 9.47 Å². The molecule has 0 N–H and O–H groups in total. The lowest BCUT2D eigenvalue weighted by molar-refractivity contribution is -0.148. The maximum Gasteiger partial charge on any atom is 0.306 e. The summed E-state index contributed by atoms with van der Waals surface area (Å²) in [7, 11) is 0. The second-order valence-corrected chi connectivity index (χ2v) is 6.06. The lowest BCUT2D eigenvalue weighted by atomic mass is 10.1. The van der Waals surface area contributed by atoms with Crippen molar-refractivity contribution in [3.05, 3.63) is 0 Å². The molecule has 0 radical (unpaired) electrons. The summed E-state index contributed by atoms with van der Waals surface area (Å²) >= 11 is 3.20. The molecule has 0 saturated carbocycles. The molecule has 5 heteroatoms. The van der Waals surface area contributed by atoms with Crippen molar-refractivity contribution in [2.45, 2.75) is 77.7 Å². The standard InChI is InChI=1S/C16H29BrO4/c1-3-4-5-8-13-20-15(18)10-7-6-9-14(2)21-16(19)11-12-17/h14H,3-13H2,1-2H3. The van der Waals surface area contributed by atoms with Gasteiger partial charge in [0, 0.05) is 11.8 Å². The Kier molecular flexibility index (Phi) is 14.0. The molecule has 4 nitrogen and oxygen atoms in total. The molecule has 0 aliphatic heterocycles. The number of unbranched alkanes of at least 4 members (excludes halogenated alkanes) is 4. The molecule has 0 aromatic heterocycles. The van der Waals surface area contributed by atoms with Gasteiger partial charge < -0.3 is 9.47 Å². The van der Waals surface area contributed by atoms with E-state index in [-0.39, 0.29) is 18.0 Å². The minimum Gasteiger partial charge on any atom is -0.466 e. The summed E-state index contributed by atoms with van der Waals surface area (Å²) in [6.07, 6.45) is 7.68. The molecular weight excluding hydrogens is 336 g/mol. The van der Waals surface area contributed by atoms with Gasteiger partial charge in [0.25, 0.3) is 0 Å². The third-order valence-corrected chi connectivity index (χ3v) is 3.53. The smallest absolute Gasteiger partial charge is 0.306 e. The van der Waals surface area contributed by atoms with Crippen LogP contribution < -0.4 is 0 Å². The van der Waals surface area contributed by atoms with Crippen LogP contribution in [0.5, 0.6) is 0 Å². The molecule has 0 heterocycles. The zero-order valence-corrected chi connectivity index (χ0v) is 15.0. The minimum atomic E-state index is -0.175. The van der Waals surface area contributed by atoms with Crippen molar-refractivity contribution in [2.24, 2.45) is 0 Å². The van der Waals surface area contributed by atoms with Gasteiger partial charge in [-0.2, -0.15) is 0 Å². The van der Waals surface area contributed by atoms with Crippen molar-refractivity contribution < 1.29 is 19.1 Å². The number of rotatable bonds is 13. The van der Waals surface area contributed by atoms with Crippen LogP contribution in [0.15, 0.2) is 0 Å². The molecule has 0 saturated heterocycles. The van der Waals surface area contributed by atoms with E-state index < -0.39 is 0 Å². The first-order chi connectivity index (χ1) is 10.1. The molecule has 0 spiro atoms. The number of carbonyl (C=O) groups excluding carboxylic acids is 2. The van der Waals surface area contributed by atoms with Gasteiger partial charge in [0.15, 0.2) is 0 Å². The first-order valence-corrected chi connectivity index (χ1v) is 9.13. The van der Waals surface area contributed by atoms with E-state index in [1.165, 1.54) is 12.8 Å². The van der Waals surface area contributed by atoms with Crippen molar-refractivity contribution in [3.63, 3.8) is 0 Å². The second-order valence-electron chi connectivity index (χ2n) is 5.27. The fourth-order valence-corrected chi connectivity index (χ4v) is 2.23. The Hall–Kier alpha value is -0.580. The highest BCUT2D eigenvalue weighted by molar-refractivity contribution is 9.09. The van der Waals surface area contributed by atoms with Crippen molar-refractivity contribution in [2.75, 3.05) is 11.9 Å². The van der Waals surface area contributed by atoms with Crippen molar-refractivity contribution in [3.8, 4) is 0 Å². The molecule has 0 rings (SSSR count). The summed E-state index contributed by atoms with van der Waals surface area (Å²) in [5, 5.41) is 0.628. The van der Waals surface area contributed by atoms with Crippen LogP contribution in [-0.2, 0) is 19.1 Å². The maximum absolute atomic E-state index is 11.5. The van der Waals surface area contributed by atoms with E-state index in [1.807, 2.05) is 6.92 Å². The summed E-state index contributed by atoms with van der Waals surface area (Å²) in [6, 6.07) is 0. The van der Waals surface area contributed by atoms with Crippen LogP contribution in [0.4, 0.5) is 0 Å². The van der Waals surface area contributed by atoms with Crippen LogP contribution in [0.1, 0.15) is 71.6 Å². The van der Waals surface area contributed by atoms with Crippen LogP contribution in [-0.4, -0.2) is 30.0 Å². The normalized spacial score (nSPS) is 12.0. The predicted molar refractivity (Wildman–Crippen MR) is 87.5 cm³/mol. The number of ether oxygens (including phenoxy) is 2. The van der Waals surface area contributed by atoms with Gasteiger partial charge in [-0.15, -0.1) is 0 Å². The molecule has 0 aromatic rings. The highest BCUT2D eigenvalue weighted by atomic mass is 79.9. The molecule has 1 atom stereocenters. The molecule has 1 unspecified atom stereocenters. The van der Waals surface area contributed by atoms with E-state index in [0.717, 1.165) is 32.1 Å². The van der Waals surface area contributed by atoms with Gasteiger partial charge >= 0.3 is 11.9 Å². The average molecular weight is 365 g/mol. The Morgan fingerprint density at radius 2 is 1.76 bits per heavy atom. The largest absolute Gasteiger partial charge is 0.466 e. The molecule has 124 valence electrons. The summed E-state index contributed by atoms with van der Waals surface area (Å²) in [6.45, 7) is 4.59. The van der Waals surface area contributed by atoms with Crippen LogP contribution in [0, 0.1) is 0 Å². The fourth-order valence-electron chi connectivity index (χ4n) is 1.91. The maximum atomic E-state index is 11.5. The minimum absolute atomic E-state index is 0.0818. The van der Waals surface area contributed by atoms with Gasteiger partial charge in [-0.1, -0.05) is 42.1 Å². The summed E-state index contributed by atoms with van der Waals surface area (Å²) in [5.41, 5.74) is 0. The second kappa shape index (κ2) is 14.4. The Morgan fingerprint density at radius 1 is 1.00 bits per heavy atom. The van der Waals surface area contributed by atoms with Crippen molar-refractivity contribution in [1.29, 1.82) is 0 Å². The van der Waals surface area contributed by atoms with Gasteiger partial charge in [-0.25, -0.2) is 0 Å². The summed E-state index contributed by atoms with van der Waals surface area (Å²) < 4.78 is 10.4. The molecule has 21 heavy (non-hydrogen) atoms. The fraction of sp³-hybridized carbons (Fsp3) is 0.875. The van der Waals surface area contributed by atoms with E-state index in [2.05, 4.69) is 22.9 Å². The first kappa shape index (κ1) is 20.4. The summed E-state index contributed by atoms with van der Waals surface area (Å²) in [5.74, 6) is -0.290. The van der Waals surface area contributed by atoms with Gasteiger partial charge in [0.05, 0.1) is 19.1 Å². The molecular formula is C16H29BrO4. The van der Waals surface area contributed by atoms with E-state index in [9.17, 15) is 9.59 Å². The number of halogens is 1. The Morgan fingerprint density at radius 3 is 2.43 bits per heavy atom. The van der Waals surface area contributed by atoms with Gasteiger partial charge in [0.1, 0.15) is 0 Å². The zero-order chi connectivity index (χ0) is 15.9. The Balaban J connectivity index is 3.44. The Bertz CT molecular complexity index is 281. The monoisotopic (exact) mass is 364 g/mol. The van der Waals surface area contributed by atoms with Gasteiger partial charge in [-0.3, -0.25) is 9.59 Å². The number of hydrogen-bond donors (Lipinski definition) is 0. The topological polar surface area (TPSA) is 52.6 Å². The molecule has 0 amide bonds. The quantitative estimate of drug-likeness (QED) is 0.276. The molecule has 0 fully saturated rings. The number of hydrogen-bond acceptors (Lipinski definition) is 4. The lowest BCUT2D eigenvalue weighted by Crippen LogP contribution is -2.15. The third kappa shape index (κ3) is 14.1. The zero-order valence-electron chi connectivity index (χ0n) is 13.4. The molecule has 0 aliphatic rings. The van der Waals surface area contributed by atoms with Gasteiger partial charge in [-0.05, 0) is 32.6 Å². The lowest BCUT2D eigenvalue weighted by Gasteiger charge is -2.12. The Labute approximate surface area is 137 Å². The number of esters is 2. The van der Waals surface area contributed by atoms with Gasteiger partial charge in [0.2, 0.25) is 0 Å². The number of alkyl halides is 1. The van der Waals surface area contributed by atoms with Crippen LogP contribution in [0.25, 0.3) is 0 Å². The molecule has 0 bridgehead atoms. The molecule has 0 aromatic carbocycles. The summed E-state index contributed by atoms with van der Waals surface area (Å²) in [4.78, 5) is 22.7. The van der Waals surface area contributed by atoms with E-state index in [1.54, 1.807) is 0 Å². The van der Waals surface area contributed by atoms with Crippen molar-refractivity contribution >= 4 is 27.9 Å². The highest BCUT2D eigenvalue weighted by Crippen LogP contribution is 2.09.